The number of nitrogens with two attached hydrogens (primary N) is 2. The highest BCUT2D eigenvalue weighted by molar-refractivity contribution is 8.76. The van der Waals surface area contributed by atoms with E-state index in [0.717, 1.165) is 43.1 Å². The Labute approximate surface area is 203 Å². The Morgan fingerprint density at radius 3 is 2.78 bits per heavy atom. The molecule has 4 N–H and O–H groups in total. The summed E-state index contributed by atoms with van der Waals surface area (Å²) in [6.45, 7) is 4.87. The van der Waals surface area contributed by atoms with Crippen molar-refractivity contribution < 1.29 is 4.79 Å². The van der Waals surface area contributed by atoms with Crippen molar-refractivity contribution in [3.8, 4) is 0 Å². The molecule has 180 valence electrons. The Hall–Kier alpha value is -0.620. The molecule has 1 spiro atoms. The minimum atomic E-state index is 0.160. The van der Waals surface area contributed by atoms with E-state index in [1.54, 1.807) is 5.57 Å². The number of hydrogen-bond donors (Lipinski definition) is 2. The summed E-state index contributed by atoms with van der Waals surface area (Å²) in [5, 5.41) is 0. The Kier molecular flexibility index (Phi) is 7.91. The van der Waals surface area contributed by atoms with E-state index in [2.05, 4.69) is 18.8 Å². The van der Waals surface area contributed by atoms with Crippen molar-refractivity contribution in [3.63, 3.8) is 0 Å². The largest absolute Gasteiger partial charge is 0.370 e. The maximum Gasteiger partial charge on any atom is 0.186 e. The normalized spacial score (nSPS) is 37.6. The summed E-state index contributed by atoms with van der Waals surface area (Å²) in [4.78, 5) is 18.0. The zero-order valence-corrected chi connectivity index (χ0v) is 21.8. The van der Waals surface area contributed by atoms with Crippen LogP contribution in [-0.4, -0.2) is 29.3 Å². The first-order valence-corrected chi connectivity index (χ1v) is 15.5. The molecular formula is C26H43N3OS2. The van der Waals surface area contributed by atoms with Gasteiger partial charge in [-0.15, -0.1) is 0 Å². The number of hydrogen-bond acceptors (Lipinski definition) is 4. The quantitative estimate of drug-likeness (QED) is 0.205. The zero-order valence-electron chi connectivity index (χ0n) is 20.2. The minimum Gasteiger partial charge on any atom is -0.370 e. The van der Waals surface area contributed by atoms with Gasteiger partial charge in [-0.25, -0.2) is 4.99 Å². The van der Waals surface area contributed by atoms with Crippen LogP contribution >= 0.6 is 21.6 Å². The van der Waals surface area contributed by atoms with E-state index in [4.69, 9.17) is 11.5 Å². The maximum atomic E-state index is 13.5. The van der Waals surface area contributed by atoms with Gasteiger partial charge in [0.15, 0.2) is 11.7 Å². The Morgan fingerprint density at radius 1 is 1.16 bits per heavy atom. The summed E-state index contributed by atoms with van der Waals surface area (Å²) in [7, 11) is 3.93. The van der Waals surface area contributed by atoms with Gasteiger partial charge in [-0.05, 0) is 74.2 Å². The Morgan fingerprint density at radius 2 is 2.00 bits per heavy atom. The zero-order chi connectivity index (χ0) is 22.8. The molecule has 2 saturated carbocycles. The molecule has 6 heteroatoms. The summed E-state index contributed by atoms with van der Waals surface area (Å²) in [5.74, 6) is 4.25. The van der Waals surface area contributed by atoms with Gasteiger partial charge in [-0.2, -0.15) is 0 Å². The third-order valence-electron chi connectivity index (χ3n) is 9.36. The monoisotopic (exact) mass is 477 g/mol. The molecule has 4 rings (SSSR count). The topological polar surface area (TPSA) is 81.5 Å². The SMILES string of the molecule is CCCCCC[C@@H]1CC[C@@H]2CC3=C4CCC[C@H](N=C(N)N)CSSCC[C@]2(C)[C@]31CC4=O. The number of allylic oxidation sites excluding steroid dienone is 2. The summed E-state index contributed by atoms with van der Waals surface area (Å²) in [6, 6.07) is 0.160. The standard InChI is InChI=1S/C26H43N3OS2/c1-3-4-5-6-8-18-11-12-19-15-22-21-10-7-9-20(29-24(27)28)17-32-31-14-13-25(19,2)26(18,22)16-23(21)30/h18-20H,3-17H2,1-2H3,(H4,27,28,29)/t18-,19-,20+,25+,26+/m1/s1. The second-order valence-corrected chi connectivity index (χ2v) is 13.6. The Balaban J connectivity index is 1.64. The molecule has 3 aliphatic carbocycles. The fourth-order valence-electron chi connectivity index (χ4n) is 7.79. The number of unbranched alkanes of at least 4 members (excludes halogenated alkanes) is 3. The first-order chi connectivity index (χ1) is 15.4. The van der Waals surface area contributed by atoms with E-state index in [-0.39, 0.29) is 22.8 Å². The molecule has 0 aromatic rings. The van der Waals surface area contributed by atoms with Crippen molar-refractivity contribution in [1.82, 2.24) is 0 Å². The van der Waals surface area contributed by atoms with Gasteiger partial charge < -0.3 is 11.5 Å². The average molecular weight is 478 g/mol. The van der Waals surface area contributed by atoms with Crippen LogP contribution in [0.2, 0.25) is 0 Å². The predicted molar refractivity (Wildman–Crippen MR) is 140 cm³/mol. The number of guanidine groups is 1. The highest BCUT2D eigenvalue weighted by Gasteiger charge is 2.67. The molecule has 0 unspecified atom stereocenters. The molecule has 0 radical (unpaired) electrons. The van der Waals surface area contributed by atoms with Crippen LogP contribution in [0.4, 0.5) is 0 Å². The molecule has 2 fully saturated rings. The number of carbonyl (C=O) groups is 1. The van der Waals surface area contributed by atoms with Crippen LogP contribution in [0, 0.1) is 22.7 Å². The van der Waals surface area contributed by atoms with Crippen LogP contribution in [0.25, 0.3) is 0 Å². The molecule has 0 aromatic carbocycles. The molecule has 1 aliphatic heterocycles. The fourth-order valence-corrected chi connectivity index (χ4v) is 10.3. The second kappa shape index (κ2) is 10.3. The van der Waals surface area contributed by atoms with E-state index in [9.17, 15) is 4.79 Å². The number of carbonyl (C=O) groups excluding carboxylic acids is 1. The summed E-state index contributed by atoms with van der Waals surface area (Å²) in [6.07, 6.45) is 15.5. The lowest BCUT2D eigenvalue weighted by Crippen LogP contribution is -2.48. The predicted octanol–water partition coefficient (Wildman–Crippen LogP) is 6.25. The molecule has 4 aliphatic rings. The highest BCUT2D eigenvalue weighted by atomic mass is 33.1. The molecule has 0 amide bonds. The van der Waals surface area contributed by atoms with Gasteiger partial charge in [0.25, 0.3) is 0 Å². The number of aliphatic imine (C=N–C) groups is 1. The molecule has 4 nitrogen and oxygen atoms in total. The molecule has 5 bridgehead atoms. The van der Waals surface area contributed by atoms with Crippen molar-refractivity contribution in [2.75, 3.05) is 11.5 Å². The first kappa shape index (κ1) is 24.5. The van der Waals surface area contributed by atoms with Gasteiger partial charge in [0.1, 0.15) is 0 Å². The molecule has 0 aromatic heterocycles. The number of Topliss-reactive ketones (excluding diaryl/α,β-unsaturated/α-hetero) is 1. The van der Waals surface area contributed by atoms with Crippen LogP contribution < -0.4 is 11.5 Å². The van der Waals surface area contributed by atoms with Crippen LogP contribution in [0.15, 0.2) is 16.1 Å². The number of rotatable bonds is 6. The first-order valence-electron chi connectivity index (χ1n) is 13.0. The Bertz CT molecular complexity index is 762. The van der Waals surface area contributed by atoms with Crippen molar-refractivity contribution in [3.05, 3.63) is 11.1 Å². The summed E-state index contributed by atoms with van der Waals surface area (Å²) >= 11 is 0. The van der Waals surface area contributed by atoms with E-state index in [1.165, 1.54) is 63.4 Å². The number of nitrogens with zero attached hydrogens (tertiary/aromatic N) is 1. The van der Waals surface area contributed by atoms with Crippen molar-refractivity contribution in [1.29, 1.82) is 0 Å². The molecule has 0 saturated heterocycles. The van der Waals surface area contributed by atoms with E-state index in [1.807, 2.05) is 21.6 Å². The maximum absolute atomic E-state index is 13.5. The van der Waals surface area contributed by atoms with Crippen LogP contribution in [0.5, 0.6) is 0 Å². The third kappa shape index (κ3) is 4.39. The molecule has 1 heterocycles. The van der Waals surface area contributed by atoms with Crippen LogP contribution in [0.1, 0.15) is 97.3 Å². The van der Waals surface area contributed by atoms with Crippen LogP contribution in [-0.2, 0) is 4.79 Å². The molecular weight excluding hydrogens is 434 g/mol. The average Bonchev–Trinajstić information content (AvgIpc) is 3.07. The van der Waals surface area contributed by atoms with Crippen molar-refractivity contribution >= 4 is 33.3 Å². The molecule has 5 atom stereocenters. The fraction of sp³-hybridized carbons (Fsp3) is 0.846. The van der Waals surface area contributed by atoms with Crippen molar-refractivity contribution in [2.24, 2.45) is 39.1 Å². The van der Waals surface area contributed by atoms with Gasteiger partial charge in [-0.3, -0.25) is 4.79 Å². The lowest BCUT2D eigenvalue weighted by Gasteiger charge is -2.54. The summed E-state index contributed by atoms with van der Waals surface area (Å²) < 4.78 is 0. The van der Waals surface area contributed by atoms with Gasteiger partial charge in [0.2, 0.25) is 0 Å². The van der Waals surface area contributed by atoms with Gasteiger partial charge in [0, 0.05) is 23.3 Å². The van der Waals surface area contributed by atoms with Gasteiger partial charge >= 0.3 is 0 Å². The smallest absolute Gasteiger partial charge is 0.186 e. The van der Waals surface area contributed by atoms with Crippen molar-refractivity contribution in [2.45, 2.75) is 103 Å². The van der Waals surface area contributed by atoms with E-state index < -0.39 is 0 Å². The minimum absolute atomic E-state index is 0.160. The van der Waals surface area contributed by atoms with Gasteiger partial charge in [-0.1, -0.05) is 66.7 Å². The second-order valence-electron chi connectivity index (χ2n) is 10.9. The highest BCUT2D eigenvalue weighted by Crippen LogP contribution is 2.74. The van der Waals surface area contributed by atoms with Gasteiger partial charge in [0.05, 0.1) is 6.04 Å². The number of ketones is 1. The van der Waals surface area contributed by atoms with Crippen LogP contribution in [0.3, 0.4) is 0 Å². The lowest BCUT2D eigenvalue weighted by molar-refractivity contribution is -0.121. The third-order valence-corrected chi connectivity index (χ3v) is 11.8. The van der Waals surface area contributed by atoms with E-state index in [0.29, 0.717) is 11.7 Å². The summed E-state index contributed by atoms with van der Waals surface area (Å²) in [5.41, 5.74) is 14.7. The molecule has 32 heavy (non-hydrogen) atoms. The van der Waals surface area contributed by atoms with E-state index >= 15 is 0 Å². The lowest BCUT2D eigenvalue weighted by atomic mass is 9.50.